The summed E-state index contributed by atoms with van der Waals surface area (Å²) in [5.74, 6) is 0.122. The number of carbonyl (C=O) groups is 1. The number of halogens is 1. The third-order valence-electron chi connectivity index (χ3n) is 7.83. The van der Waals surface area contributed by atoms with Crippen LogP contribution in [0.15, 0.2) is 78.9 Å². The quantitative estimate of drug-likeness (QED) is 0.148. The highest BCUT2D eigenvalue weighted by Gasteiger charge is 2.44. The Morgan fingerprint density at radius 2 is 1.79 bits per heavy atom. The molecule has 5 rings (SSSR count). The average Bonchev–Trinajstić information content (AvgIpc) is 3.75. The van der Waals surface area contributed by atoms with Crippen molar-refractivity contribution in [1.29, 1.82) is 0 Å². The van der Waals surface area contributed by atoms with Crippen molar-refractivity contribution in [3.05, 3.63) is 112 Å². The molecule has 0 aliphatic heterocycles. The van der Waals surface area contributed by atoms with Crippen LogP contribution < -0.4 is 5.73 Å². The van der Waals surface area contributed by atoms with Crippen molar-refractivity contribution < 1.29 is 15.0 Å². The lowest BCUT2D eigenvalue weighted by Crippen LogP contribution is -2.18. The van der Waals surface area contributed by atoms with Crippen LogP contribution in [0.1, 0.15) is 72.7 Å². The van der Waals surface area contributed by atoms with E-state index >= 15 is 0 Å². The van der Waals surface area contributed by atoms with Gasteiger partial charge in [-0.15, -0.1) is 0 Å². The van der Waals surface area contributed by atoms with Crippen molar-refractivity contribution in [2.75, 3.05) is 12.8 Å². The summed E-state index contributed by atoms with van der Waals surface area (Å²) in [4.78, 5) is 16.2. The maximum absolute atomic E-state index is 11.5. The molecule has 1 atom stereocenters. The molecule has 1 heterocycles. The number of hydrogen-bond acceptors (Lipinski definition) is 5. The van der Waals surface area contributed by atoms with Crippen LogP contribution in [0.25, 0.3) is 23.1 Å². The summed E-state index contributed by atoms with van der Waals surface area (Å²) in [6.45, 7) is 3.66. The Bertz CT molecular complexity index is 1580. The summed E-state index contributed by atoms with van der Waals surface area (Å²) in [5.41, 5.74) is 9.65. The van der Waals surface area contributed by atoms with E-state index < -0.39 is 11.6 Å². The molecule has 0 radical (unpaired) electrons. The number of nitrogens with two attached hydrogens (primary N) is 1. The number of benzene rings is 3. The van der Waals surface area contributed by atoms with E-state index in [0.717, 1.165) is 64.7 Å². The number of fused-ring (bicyclic) bond motifs is 1. The lowest BCUT2D eigenvalue weighted by Gasteiger charge is -2.24. The first-order chi connectivity index (χ1) is 20.6. The van der Waals surface area contributed by atoms with Gasteiger partial charge in [0.2, 0.25) is 0 Å². The van der Waals surface area contributed by atoms with E-state index in [1.54, 1.807) is 0 Å². The van der Waals surface area contributed by atoms with Gasteiger partial charge in [0.05, 0.1) is 23.2 Å². The molecule has 1 aliphatic carbocycles. The Hall–Kier alpha value is -3.16. The van der Waals surface area contributed by atoms with Crippen molar-refractivity contribution in [3.63, 3.8) is 0 Å². The molecule has 43 heavy (non-hydrogen) atoms. The van der Waals surface area contributed by atoms with Crippen molar-refractivity contribution in [2.24, 2.45) is 11.1 Å². The van der Waals surface area contributed by atoms with Gasteiger partial charge in [-0.25, -0.2) is 4.98 Å². The van der Waals surface area contributed by atoms with E-state index in [1.807, 2.05) is 74.1 Å². The van der Waals surface area contributed by atoms with Gasteiger partial charge in [-0.05, 0) is 98.5 Å². The van der Waals surface area contributed by atoms with E-state index in [-0.39, 0.29) is 17.1 Å². The highest BCUT2D eigenvalue weighted by Crippen LogP contribution is 2.53. The highest BCUT2D eigenvalue weighted by atomic mass is 35.5. The van der Waals surface area contributed by atoms with Crippen LogP contribution in [-0.4, -0.2) is 34.0 Å². The molecule has 0 unspecified atom stereocenters. The number of nitrogens with zero attached hydrogens (tertiary/aromatic N) is 1. The average molecular weight is 617 g/mol. The van der Waals surface area contributed by atoms with E-state index in [2.05, 4.69) is 48.2 Å². The Morgan fingerprint density at radius 1 is 1.05 bits per heavy atom. The second kappa shape index (κ2) is 14.5. The summed E-state index contributed by atoms with van der Waals surface area (Å²) < 4.78 is 0. The number of aliphatic carboxylic acids is 1. The molecule has 5 nitrogen and oxygen atoms in total. The minimum atomic E-state index is -0.911. The number of rotatable bonds is 12. The molecule has 7 heteroatoms. The summed E-state index contributed by atoms with van der Waals surface area (Å²) in [6, 6.07) is 26.5. The van der Waals surface area contributed by atoms with Crippen LogP contribution in [0.3, 0.4) is 0 Å². The molecule has 1 saturated carbocycles. The number of carboxylic acid groups (broad SMARTS) is 1. The van der Waals surface area contributed by atoms with Crippen LogP contribution in [0.5, 0.6) is 0 Å². The molecule has 4 N–H and O–H groups in total. The fourth-order valence-corrected chi connectivity index (χ4v) is 7.09. The van der Waals surface area contributed by atoms with Crippen molar-refractivity contribution in [1.82, 2.24) is 4.98 Å². The number of pyridine rings is 1. The van der Waals surface area contributed by atoms with Gasteiger partial charge in [-0.2, -0.15) is 11.8 Å². The third kappa shape index (κ3) is 9.16. The summed E-state index contributed by atoms with van der Waals surface area (Å²) >= 11 is 8.04. The van der Waals surface area contributed by atoms with Gasteiger partial charge in [-0.3, -0.25) is 4.79 Å². The van der Waals surface area contributed by atoms with Crippen LogP contribution in [0.2, 0.25) is 5.02 Å². The maximum atomic E-state index is 11.5. The first kappa shape index (κ1) is 32.7. The Morgan fingerprint density at radius 3 is 2.51 bits per heavy atom. The monoisotopic (exact) mass is 616 g/mol. The van der Waals surface area contributed by atoms with Crippen molar-refractivity contribution in [3.8, 4) is 0 Å². The molecule has 1 fully saturated rings. The minimum absolute atomic E-state index is 0.0814. The third-order valence-corrected chi connectivity index (χ3v) is 9.76. The topological polar surface area (TPSA) is 96.4 Å². The van der Waals surface area contributed by atoms with E-state index in [4.69, 9.17) is 16.6 Å². The fourth-order valence-electron chi connectivity index (χ4n) is 5.36. The van der Waals surface area contributed by atoms with Crippen LogP contribution >= 0.6 is 23.4 Å². The molecule has 0 saturated heterocycles. The lowest BCUT2D eigenvalue weighted by molar-refractivity contribution is -0.138. The van der Waals surface area contributed by atoms with Crippen molar-refractivity contribution in [2.45, 2.75) is 56.8 Å². The summed E-state index contributed by atoms with van der Waals surface area (Å²) in [5, 5.41) is 22.1. The standard InChI is InChI=1S/C35H36ClNO3S.CH5N/c1-34(2,40)30-9-4-3-7-25(30)13-17-32(41-23-35(18-19-35)22-33(38)39)27-8-5-6-24(20-27)10-15-29-16-12-26-11-14-28(36)21-31(26)37-29;1-2/h3-12,14-16,20-21,32,40H,13,17-19,22-23H2,1-2H3,(H,38,39);2H2,1H3/b15-10+;/t32-;/m1./s1. The van der Waals surface area contributed by atoms with Crippen LogP contribution in [0, 0.1) is 5.41 Å². The number of aromatic nitrogens is 1. The zero-order valence-electron chi connectivity index (χ0n) is 25.1. The molecule has 0 bridgehead atoms. The van der Waals surface area contributed by atoms with Gasteiger partial charge in [0.15, 0.2) is 0 Å². The minimum Gasteiger partial charge on any atom is -0.481 e. The van der Waals surface area contributed by atoms with Crippen LogP contribution in [0.4, 0.5) is 0 Å². The van der Waals surface area contributed by atoms with Crippen LogP contribution in [-0.2, 0) is 16.8 Å². The molecule has 0 amide bonds. The normalized spacial score (nSPS) is 14.7. The lowest BCUT2D eigenvalue weighted by atomic mass is 9.90. The van der Waals surface area contributed by atoms with Crippen molar-refractivity contribution >= 4 is 52.4 Å². The number of aryl methyl sites for hydroxylation is 1. The maximum Gasteiger partial charge on any atom is 0.303 e. The molecule has 1 aliphatic rings. The molecular weight excluding hydrogens is 576 g/mol. The number of thioether (sulfide) groups is 1. The highest BCUT2D eigenvalue weighted by molar-refractivity contribution is 7.99. The second-order valence-corrected chi connectivity index (χ2v) is 13.3. The second-order valence-electron chi connectivity index (χ2n) is 11.7. The van der Waals surface area contributed by atoms with E-state index in [1.165, 1.54) is 12.6 Å². The number of aliphatic hydroxyl groups is 1. The fraction of sp³-hybridized carbons (Fsp3) is 0.333. The Labute approximate surface area is 264 Å². The van der Waals surface area contributed by atoms with Gasteiger partial charge in [0.25, 0.3) is 0 Å². The zero-order chi connectivity index (χ0) is 31.0. The summed E-state index contributed by atoms with van der Waals surface area (Å²) in [7, 11) is 1.50. The Kier molecular flexibility index (Phi) is 11.1. The smallest absolute Gasteiger partial charge is 0.303 e. The predicted molar refractivity (Wildman–Crippen MR) is 181 cm³/mol. The van der Waals surface area contributed by atoms with Gasteiger partial charge in [0, 0.05) is 21.4 Å². The predicted octanol–water partition coefficient (Wildman–Crippen LogP) is 8.52. The zero-order valence-corrected chi connectivity index (χ0v) is 26.7. The van der Waals surface area contributed by atoms with Gasteiger partial charge in [0.1, 0.15) is 0 Å². The van der Waals surface area contributed by atoms with Gasteiger partial charge < -0.3 is 15.9 Å². The first-order valence-electron chi connectivity index (χ1n) is 14.7. The number of carboxylic acids is 1. The molecule has 1 aromatic heterocycles. The SMILES string of the molecule is CC(C)(O)c1ccccc1CC[C@@H](SCC1(CC(=O)O)CC1)c1cccc(/C=C/c2ccc3ccc(Cl)cc3n2)c1.CN. The molecule has 3 aromatic carbocycles. The van der Waals surface area contributed by atoms with Gasteiger partial charge in [-0.1, -0.05) is 78.3 Å². The number of hydrogen-bond donors (Lipinski definition) is 3. The Balaban J connectivity index is 0.00000207. The van der Waals surface area contributed by atoms with E-state index in [0.29, 0.717) is 5.02 Å². The molecule has 0 spiro atoms. The molecule has 4 aromatic rings. The largest absolute Gasteiger partial charge is 0.481 e. The molecular formula is C36H41ClN2O3S. The molecule has 226 valence electrons. The van der Waals surface area contributed by atoms with E-state index in [9.17, 15) is 15.0 Å². The van der Waals surface area contributed by atoms with Gasteiger partial charge >= 0.3 is 5.97 Å². The first-order valence-corrected chi connectivity index (χ1v) is 16.1. The summed E-state index contributed by atoms with van der Waals surface area (Å²) in [6.07, 6.45) is 8.02.